The highest BCUT2D eigenvalue weighted by atomic mass is 32.2. The van der Waals surface area contributed by atoms with E-state index < -0.39 is 0 Å². The summed E-state index contributed by atoms with van der Waals surface area (Å²) in [5.74, 6) is 0. The minimum atomic E-state index is -0.378. The van der Waals surface area contributed by atoms with Crippen LogP contribution in [0.1, 0.15) is 0 Å². The molecule has 1 N–H and O–H groups in total. The average molecular weight is 208 g/mol. The second kappa shape index (κ2) is 3.34. The van der Waals surface area contributed by atoms with Gasteiger partial charge in [-0.1, -0.05) is 0 Å². The van der Waals surface area contributed by atoms with Crippen LogP contribution in [0.25, 0.3) is 10.9 Å². The molecule has 0 bridgehead atoms. The van der Waals surface area contributed by atoms with Crippen molar-refractivity contribution in [2.45, 2.75) is 4.90 Å². The van der Waals surface area contributed by atoms with Crippen molar-refractivity contribution in [2.24, 2.45) is 0 Å². The van der Waals surface area contributed by atoms with Crippen molar-refractivity contribution < 1.29 is 4.92 Å². The van der Waals surface area contributed by atoms with Crippen LogP contribution in [-0.4, -0.2) is 16.2 Å². The molecule has 0 aliphatic rings. The predicted octanol–water partition coefficient (Wildman–Crippen LogP) is 2.80. The lowest BCUT2D eigenvalue weighted by Crippen LogP contribution is -1.86. The lowest BCUT2D eigenvalue weighted by atomic mass is 10.2. The summed E-state index contributed by atoms with van der Waals surface area (Å²) in [4.78, 5) is 14.3. The summed E-state index contributed by atoms with van der Waals surface area (Å²) in [6.07, 6.45) is 3.81. The second-order valence-electron chi connectivity index (χ2n) is 2.84. The first kappa shape index (κ1) is 9.08. The zero-order valence-corrected chi connectivity index (χ0v) is 8.30. The summed E-state index contributed by atoms with van der Waals surface area (Å²) in [5, 5.41) is 11.5. The Balaban J connectivity index is 2.67. The number of nitro benzene ring substituents is 1. The van der Waals surface area contributed by atoms with Gasteiger partial charge in [0, 0.05) is 34.1 Å². The molecule has 1 aromatic carbocycles. The first-order valence-electron chi connectivity index (χ1n) is 4.02. The van der Waals surface area contributed by atoms with Gasteiger partial charge in [0.15, 0.2) is 0 Å². The highest BCUT2D eigenvalue weighted by Gasteiger charge is 2.09. The van der Waals surface area contributed by atoms with E-state index in [0.717, 1.165) is 15.8 Å². The second-order valence-corrected chi connectivity index (χ2v) is 3.69. The zero-order valence-electron chi connectivity index (χ0n) is 7.48. The summed E-state index contributed by atoms with van der Waals surface area (Å²) >= 11 is 1.57. The molecule has 0 aliphatic heterocycles. The molecular formula is C9H8N2O2S. The molecule has 0 saturated heterocycles. The van der Waals surface area contributed by atoms with Gasteiger partial charge in [-0.15, -0.1) is 11.8 Å². The number of non-ortho nitro benzene ring substituents is 1. The van der Waals surface area contributed by atoms with Crippen LogP contribution < -0.4 is 0 Å². The number of benzene rings is 1. The summed E-state index contributed by atoms with van der Waals surface area (Å²) < 4.78 is 0. The van der Waals surface area contributed by atoms with E-state index in [1.54, 1.807) is 23.9 Å². The van der Waals surface area contributed by atoms with Crippen LogP contribution in [0.5, 0.6) is 0 Å². The number of nitrogens with zero attached hydrogens (tertiary/aromatic N) is 1. The monoisotopic (exact) mass is 208 g/mol. The number of hydrogen-bond acceptors (Lipinski definition) is 3. The van der Waals surface area contributed by atoms with E-state index in [1.165, 1.54) is 6.07 Å². The van der Waals surface area contributed by atoms with Crippen LogP contribution in [0.3, 0.4) is 0 Å². The van der Waals surface area contributed by atoms with Crippen molar-refractivity contribution in [3.05, 3.63) is 34.5 Å². The van der Waals surface area contributed by atoms with Gasteiger partial charge in [-0.25, -0.2) is 0 Å². The fraction of sp³-hybridized carbons (Fsp3) is 0.111. The molecule has 14 heavy (non-hydrogen) atoms. The molecule has 1 aromatic heterocycles. The van der Waals surface area contributed by atoms with E-state index in [4.69, 9.17) is 0 Å². The molecular weight excluding hydrogens is 200 g/mol. The van der Waals surface area contributed by atoms with Crippen molar-refractivity contribution in [3.63, 3.8) is 0 Å². The first-order chi connectivity index (χ1) is 6.72. The maximum atomic E-state index is 10.6. The standard InChI is InChI=1S/C9H8N2O2S/c1-14-9-5-10-8-3-2-6(11(12)13)4-7(8)9/h2-5,10H,1H3. The number of nitro groups is 1. The number of nitrogens with one attached hydrogen (secondary N) is 1. The van der Waals surface area contributed by atoms with Crippen LogP contribution in [0.15, 0.2) is 29.3 Å². The maximum Gasteiger partial charge on any atom is 0.270 e. The van der Waals surface area contributed by atoms with Crippen LogP contribution in [0.2, 0.25) is 0 Å². The predicted molar refractivity (Wildman–Crippen MR) is 56.7 cm³/mol. The molecule has 1 heterocycles. The third-order valence-electron chi connectivity index (χ3n) is 2.06. The van der Waals surface area contributed by atoms with Crippen LogP contribution in [0.4, 0.5) is 5.69 Å². The van der Waals surface area contributed by atoms with Gasteiger partial charge in [0.2, 0.25) is 0 Å². The SMILES string of the molecule is CSc1c[nH]c2ccc([N+](=O)[O-])cc12. The van der Waals surface area contributed by atoms with Gasteiger partial charge < -0.3 is 4.98 Å². The fourth-order valence-electron chi connectivity index (χ4n) is 1.37. The Labute approximate surface area is 84.5 Å². The van der Waals surface area contributed by atoms with Crippen molar-refractivity contribution in [1.29, 1.82) is 0 Å². The number of H-pyrrole nitrogens is 1. The van der Waals surface area contributed by atoms with Crippen molar-refractivity contribution in [1.82, 2.24) is 4.98 Å². The van der Waals surface area contributed by atoms with Crippen LogP contribution in [0, 0.1) is 10.1 Å². The number of aromatic nitrogens is 1. The van der Waals surface area contributed by atoms with E-state index in [0.29, 0.717) is 0 Å². The highest BCUT2D eigenvalue weighted by molar-refractivity contribution is 7.98. The lowest BCUT2D eigenvalue weighted by Gasteiger charge is -1.94. The van der Waals surface area contributed by atoms with E-state index in [2.05, 4.69) is 4.98 Å². The van der Waals surface area contributed by atoms with Gasteiger partial charge in [-0.3, -0.25) is 10.1 Å². The summed E-state index contributed by atoms with van der Waals surface area (Å²) in [5.41, 5.74) is 1.06. The number of hydrogen-bond donors (Lipinski definition) is 1. The smallest absolute Gasteiger partial charge is 0.270 e. The number of aromatic amines is 1. The average Bonchev–Trinajstić information content (AvgIpc) is 2.59. The Bertz CT molecular complexity index is 493. The number of fused-ring (bicyclic) bond motifs is 1. The molecule has 0 spiro atoms. The van der Waals surface area contributed by atoms with Gasteiger partial charge >= 0.3 is 0 Å². The highest BCUT2D eigenvalue weighted by Crippen LogP contribution is 2.28. The minimum Gasteiger partial charge on any atom is -0.360 e. The third kappa shape index (κ3) is 1.35. The molecule has 4 nitrogen and oxygen atoms in total. The number of rotatable bonds is 2. The molecule has 0 unspecified atom stereocenters. The van der Waals surface area contributed by atoms with Gasteiger partial charge in [0.25, 0.3) is 5.69 Å². The number of thioether (sulfide) groups is 1. The quantitative estimate of drug-likeness (QED) is 0.469. The summed E-state index contributed by atoms with van der Waals surface area (Å²) in [6, 6.07) is 4.83. The Morgan fingerprint density at radius 2 is 2.29 bits per heavy atom. The van der Waals surface area contributed by atoms with Gasteiger partial charge in [-0.05, 0) is 12.3 Å². The first-order valence-corrected chi connectivity index (χ1v) is 5.24. The molecule has 2 aromatic rings. The lowest BCUT2D eigenvalue weighted by molar-refractivity contribution is -0.384. The topological polar surface area (TPSA) is 58.9 Å². The van der Waals surface area contributed by atoms with Crippen molar-refractivity contribution in [3.8, 4) is 0 Å². The molecule has 5 heteroatoms. The van der Waals surface area contributed by atoms with Gasteiger partial charge in [0.05, 0.1) is 4.92 Å². The molecule has 0 aliphatic carbocycles. The molecule has 0 atom stereocenters. The minimum absolute atomic E-state index is 0.132. The third-order valence-corrected chi connectivity index (χ3v) is 2.84. The molecule has 0 radical (unpaired) electrons. The Kier molecular flexibility index (Phi) is 2.17. The van der Waals surface area contributed by atoms with Crippen molar-refractivity contribution >= 4 is 28.4 Å². The van der Waals surface area contributed by atoms with Crippen LogP contribution in [-0.2, 0) is 0 Å². The normalized spacial score (nSPS) is 10.6. The summed E-state index contributed by atoms with van der Waals surface area (Å²) in [6.45, 7) is 0. The van der Waals surface area contributed by atoms with Crippen molar-refractivity contribution in [2.75, 3.05) is 6.26 Å². The van der Waals surface area contributed by atoms with Gasteiger partial charge in [0.1, 0.15) is 0 Å². The van der Waals surface area contributed by atoms with E-state index in [1.807, 2.05) is 12.5 Å². The molecule has 2 rings (SSSR count). The zero-order chi connectivity index (χ0) is 10.1. The largest absolute Gasteiger partial charge is 0.360 e. The van der Waals surface area contributed by atoms with E-state index >= 15 is 0 Å². The van der Waals surface area contributed by atoms with Crippen LogP contribution >= 0.6 is 11.8 Å². The fourth-order valence-corrected chi connectivity index (χ4v) is 1.93. The van der Waals surface area contributed by atoms with Gasteiger partial charge in [-0.2, -0.15) is 0 Å². The molecule has 0 saturated carbocycles. The molecule has 0 fully saturated rings. The summed E-state index contributed by atoms with van der Waals surface area (Å²) in [7, 11) is 0. The molecule has 0 amide bonds. The molecule has 72 valence electrons. The van der Waals surface area contributed by atoms with E-state index in [9.17, 15) is 10.1 Å². The Morgan fingerprint density at radius 3 is 2.93 bits per heavy atom. The Hall–Kier alpha value is -1.49. The Morgan fingerprint density at radius 1 is 1.50 bits per heavy atom. The maximum absolute atomic E-state index is 10.6. The van der Waals surface area contributed by atoms with E-state index in [-0.39, 0.29) is 10.6 Å².